The van der Waals surface area contributed by atoms with Crippen molar-refractivity contribution in [3.8, 4) is 0 Å². The molecule has 2 aromatic carbocycles. The predicted molar refractivity (Wildman–Crippen MR) is 87.8 cm³/mol. The molecule has 1 N–H and O–H groups in total. The van der Waals surface area contributed by atoms with Crippen molar-refractivity contribution >= 4 is 23.4 Å². The molecule has 0 saturated carbocycles. The maximum atomic E-state index is 11.0. The Balaban J connectivity index is 2.42. The fourth-order valence-corrected chi connectivity index (χ4v) is 1.94. The van der Waals surface area contributed by atoms with E-state index in [1.54, 1.807) is 13.0 Å². The summed E-state index contributed by atoms with van der Waals surface area (Å²) in [5.74, 6) is -0.942. The van der Waals surface area contributed by atoms with E-state index in [2.05, 4.69) is 10.2 Å². The van der Waals surface area contributed by atoms with Crippen LogP contribution in [0.25, 0.3) is 6.08 Å². The summed E-state index contributed by atoms with van der Waals surface area (Å²) in [7, 11) is 0. The first-order valence-electron chi connectivity index (χ1n) is 6.97. The first-order chi connectivity index (χ1) is 10.5. The van der Waals surface area contributed by atoms with Crippen LogP contribution in [-0.4, -0.2) is 11.1 Å². The van der Waals surface area contributed by atoms with E-state index in [4.69, 9.17) is 5.11 Å². The molecule has 0 aliphatic heterocycles. The number of carbonyl (C=O) groups is 1. The Labute approximate surface area is 129 Å². The number of aliphatic carboxylic acids is 1. The van der Waals surface area contributed by atoms with E-state index in [-0.39, 0.29) is 5.57 Å². The zero-order valence-corrected chi connectivity index (χ0v) is 12.9. The topological polar surface area (TPSA) is 62.0 Å². The molecule has 0 atom stereocenters. The molecular weight excluding hydrogens is 276 g/mol. The number of hydrogen-bond acceptors (Lipinski definition) is 3. The summed E-state index contributed by atoms with van der Waals surface area (Å²) in [5.41, 5.74) is 4.54. The molecule has 0 aliphatic rings. The summed E-state index contributed by atoms with van der Waals surface area (Å²) in [5, 5.41) is 17.6. The lowest BCUT2D eigenvalue weighted by Crippen LogP contribution is -1.95. The highest BCUT2D eigenvalue weighted by Crippen LogP contribution is 2.27. The van der Waals surface area contributed by atoms with Crippen molar-refractivity contribution in [3.63, 3.8) is 0 Å². The highest BCUT2D eigenvalue weighted by Gasteiger charge is 2.05. The molecule has 0 saturated heterocycles. The molecule has 0 radical (unpaired) electrons. The Morgan fingerprint density at radius 3 is 2.41 bits per heavy atom. The third-order valence-electron chi connectivity index (χ3n) is 3.28. The van der Waals surface area contributed by atoms with E-state index in [0.717, 1.165) is 22.4 Å². The van der Waals surface area contributed by atoms with Gasteiger partial charge in [-0.1, -0.05) is 30.3 Å². The minimum absolute atomic E-state index is 0.260. The lowest BCUT2D eigenvalue weighted by atomic mass is 10.1. The van der Waals surface area contributed by atoms with E-state index in [1.807, 2.05) is 56.3 Å². The Bertz CT molecular complexity index is 761. The van der Waals surface area contributed by atoms with Crippen LogP contribution in [0.3, 0.4) is 0 Å². The van der Waals surface area contributed by atoms with Crippen LogP contribution < -0.4 is 0 Å². The van der Waals surface area contributed by atoms with Gasteiger partial charge in [0.05, 0.1) is 11.4 Å². The second-order valence-corrected chi connectivity index (χ2v) is 5.18. The lowest BCUT2D eigenvalue weighted by Gasteiger charge is -2.03. The van der Waals surface area contributed by atoms with Crippen molar-refractivity contribution in [3.05, 3.63) is 64.7 Å². The maximum Gasteiger partial charge on any atom is 0.331 e. The number of carboxylic acids is 1. The number of carboxylic acid groups (broad SMARTS) is 1. The lowest BCUT2D eigenvalue weighted by molar-refractivity contribution is -0.132. The van der Waals surface area contributed by atoms with Crippen LogP contribution in [0.1, 0.15) is 23.6 Å². The van der Waals surface area contributed by atoms with E-state index in [9.17, 15) is 4.79 Å². The fourth-order valence-electron chi connectivity index (χ4n) is 1.94. The Morgan fingerprint density at radius 2 is 1.73 bits per heavy atom. The summed E-state index contributed by atoms with van der Waals surface area (Å²) >= 11 is 0. The van der Waals surface area contributed by atoms with Gasteiger partial charge in [0, 0.05) is 11.1 Å². The van der Waals surface area contributed by atoms with Gasteiger partial charge in [-0.15, -0.1) is 5.11 Å². The number of benzene rings is 2. The van der Waals surface area contributed by atoms with Gasteiger partial charge in [-0.2, -0.15) is 5.11 Å². The summed E-state index contributed by atoms with van der Waals surface area (Å²) in [6.45, 7) is 5.49. The van der Waals surface area contributed by atoms with E-state index >= 15 is 0 Å². The van der Waals surface area contributed by atoms with Crippen molar-refractivity contribution in [1.29, 1.82) is 0 Å². The van der Waals surface area contributed by atoms with Crippen LogP contribution in [0.2, 0.25) is 0 Å². The smallest absolute Gasteiger partial charge is 0.331 e. The normalized spacial score (nSPS) is 11.9. The maximum absolute atomic E-state index is 11.0. The molecule has 0 aromatic heterocycles. The van der Waals surface area contributed by atoms with Crippen LogP contribution in [0, 0.1) is 13.8 Å². The van der Waals surface area contributed by atoms with Gasteiger partial charge < -0.3 is 5.11 Å². The van der Waals surface area contributed by atoms with Crippen molar-refractivity contribution < 1.29 is 9.90 Å². The van der Waals surface area contributed by atoms with E-state index in [1.165, 1.54) is 0 Å². The van der Waals surface area contributed by atoms with Crippen LogP contribution in [0.5, 0.6) is 0 Å². The van der Waals surface area contributed by atoms with Crippen molar-refractivity contribution in [2.45, 2.75) is 20.8 Å². The summed E-state index contributed by atoms with van der Waals surface area (Å²) in [6, 6.07) is 13.4. The minimum Gasteiger partial charge on any atom is -0.478 e. The molecular formula is C18H18N2O2. The van der Waals surface area contributed by atoms with Crippen molar-refractivity contribution in [2.75, 3.05) is 0 Å². The first-order valence-corrected chi connectivity index (χ1v) is 6.97. The molecule has 22 heavy (non-hydrogen) atoms. The highest BCUT2D eigenvalue weighted by atomic mass is 16.4. The SMILES string of the molecule is CC(=Cc1ccc(C)cc1N=Nc1ccccc1C)C(=O)O. The van der Waals surface area contributed by atoms with Crippen LogP contribution >= 0.6 is 0 Å². The first kappa shape index (κ1) is 15.6. The monoisotopic (exact) mass is 294 g/mol. The summed E-state index contributed by atoms with van der Waals surface area (Å²) < 4.78 is 0. The third kappa shape index (κ3) is 3.88. The van der Waals surface area contributed by atoms with Crippen molar-refractivity contribution in [1.82, 2.24) is 0 Å². The molecule has 0 unspecified atom stereocenters. The summed E-state index contributed by atoms with van der Waals surface area (Å²) in [4.78, 5) is 11.0. The zero-order chi connectivity index (χ0) is 16.1. The largest absolute Gasteiger partial charge is 0.478 e. The number of nitrogens with zero attached hydrogens (tertiary/aromatic N) is 2. The van der Waals surface area contributed by atoms with Gasteiger partial charge in [-0.3, -0.25) is 0 Å². The molecule has 0 bridgehead atoms. The number of hydrogen-bond donors (Lipinski definition) is 1. The molecule has 112 valence electrons. The van der Waals surface area contributed by atoms with Gasteiger partial charge in [0.15, 0.2) is 0 Å². The number of aryl methyl sites for hydroxylation is 2. The highest BCUT2D eigenvalue weighted by molar-refractivity contribution is 5.92. The second kappa shape index (κ2) is 6.80. The third-order valence-corrected chi connectivity index (χ3v) is 3.28. The predicted octanol–water partition coefficient (Wildman–Crippen LogP) is 5.21. The van der Waals surface area contributed by atoms with E-state index < -0.39 is 5.97 Å². The van der Waals surface area contributed by atoms with Crippen LogP contribution in [0.15, 0.2) is 58.3 Å². The Morgan fingerprint density at radius 1 is 1.05 bits per heavy atom. The van der Waals surface area contributed by atoms with Gasteiger partial charge in [0.1, 0.15) is 0 Å². The molecule has 0 spiro atoms. The minimum atomic E-state index is -0.942. The van der Waals surface area contributed by atoms with Crippen LogP contribution in [-0.2, 0) is 4.79 Å². The standard InChI is InChI=1S/C18H18N2O2/c1-12-8-9-15(11-14(3)18(21)22)17(10-12)20-19-16-7-5-4-6-13(16)2/h4-11H,1-3H3,(H,21,22). The molecule has 4 nitrogen and oxygen atoms in total. The number of azo groups is 1. The van der Waals surface area contributed by atoms with Gasteiger partial charge in [-0.25, -0.2) is 4.79 Å². The molecule has 0 fully saturated rings. The van der Waals surface area contributed by atoms with E-state index in [0.29, 0.717) is 5.69 Å². The van der Waals surface area contributed by atoms with Crippen LogP contribution in [0.4, 0.5) is 11.4 Å². The molecule has 0 aliphatic carbocycles. The average Bonchev–Trinajstić information content (AvgIpc) is 2.48. The second-order valence-electron chi connectivity index (χ2n) is 5.18. The average molecular weight is 294 g/mol. The summed E-state index contributed by atoms with van der Waals surface area (Å²) in [6.07, 6.45) is 1.61. The zero-order valence-electron chi connectivity index (χ0n) is 12.9. The molecule has 4 heteroatoms. The van der Waals surface area contributed by atoms with Gasteiger partial charge in [-0.05, 0) is 50.1 Å². The molecule has 2 aromatic rings. The molecule has 0 heterocycles. The molecule has 0 amide bonds. The quantitative estimate of drug-likeness (QED) is 0.621. The Hall–Kier alpha value is -2.75. The van der Waals surface area contributed by atoms with Gasteiger partial charge in [0.25, 0.3) is 0 Å². The van der Waals surface area contributed by atoms with Crippen molar-refractivity contribution in [2.24, 2.45) is 10.2 Å². The number of rotatable bonds is 4. The van der Waals surface area contributed by atoms with Gasteiger partial charge >= 0.3 is 5.97 Å². The van der Waals surface area contributed by atoms with Gasteiger partial charge in [0.2, 0.25) is 0 Å². The molecule has 2 rings (SSSR count). The fraction of sp³-hybridized carbons (Fsp3) is 0.167. The Kier molecular flexibility index (Phi) is 4.84.